The van der Waals surface area contributed by atoms with Crippen LogP contribution in [0.3, 0.4) is 0 Å². The van der Waals surface area contributed by atoms with E-state index in [1.807, 2.05) is 18.2 Å². The summed E-state index contributed by atoms with van der Waals surface area (Å²) in [5.41, 5.74) is 3.08. The maximum absolute atomic E-state index is 12.9. The minimum absolute atomic E-state index is 0.0101. The molecule has 2 heterocycles. The minimum Gasteiger partial charge on any atom is -0.373 e. The van der Waals surface area contributed by atoms with Gasteiger partial charge in [-0.05, 0) is 35.9 Å². The number of nitrogens with zero attached hydrogens (tertiary/aromatic N) is 2. The van der Waals surface area contributed by atoms with Gasteiger partial charge in [0.15, 0.2) is 0 Å². The number of halogens is 1. The van der Waals surface area contributed by atoms with E-state index in [0.717, 1.165) is 17.7 Å². The second-order valence-electron chi connectivity index (χ2n) is 5.02. The van der Waals surface area contributed by atoms with Crippen LogP contribution < -0.4 is 5.32 Å². The lowest BCUT2D eigenvalue weighted by Crippen LogP contribution is -2.05. The van der Waals surface area contributed by atoms with Gasteiger partial charge in [-0.3, -0.25) is 0 Å². The molecule has 104 valence electrons. The van der Waals surface area contributed by atoms with Crippen LogP contribution in [0.5, 0.6) is 0 Å². The molecule has 0 amide bonds. The van der Waals surface area contributed by atoms with Crippen LogP contribution in [0.2, 0.25) is 0 Å². The van der Waals surface area contributed by atoms with E-state index in [1.165, 1.54) is 17.7 Å². The second kappa shape index (κ2) is 4.70. The van der Waals surface area contributed by atoms with E-state index >= 15 is 0 Å². The summed E-state index contributed by atoms with van der Waals surface area (Å²) < 4.78 is 18.3. The van der Waals surface area contributed by atoms with E-state index in [0.29, 0.717) is 11.7 Å². The van der Waals surface area contributed by atoms with Gasteiger partial charge in [-0.15, -0.1) is 0 Å². The molecule has 0 spiro atoms. The lowest BCUT2D eigenvalue weighted by Gasteiger charge is -2.04. The molecular weight excluding hydrogens is 269 g/mol. The number of fused-ring (bicyclic) bond motifs is 1. The first-order chi connectivity index (χ1) is 10.3. The Hall–Kier alpha value is -2.69. The molecule has 0 saturated heterocycles. The van der Waals surface area contributed by atoms with Gasteiger partial charge in [-0.1, -0.05) is 23.4 Å². The van der Waals surface area contributed by atoms with Crippen LogP contribution in [0, 0.1) is 5.82 Å². The Morgan fingerprint density at radius 1 is 1.10 bits per heavy atom. The summed E-state index contributed by atoms with van der Waals surface area (Å²) in [6, 6.07) is 14.2. The van der Waals surface area contributed by atoms with E-state index in [9.17, 15) is 4.39 Å². The zero-order chi connectivity index (χ0) is 14.2. The van der Waals surface area contributed by atoms with E-state index in [1.54, 1.807) is 12.1 Å². The maximum Gasteiger partial charge on any atom is 0.249 e. The molecule has 21 heavy (non-hydrogen) atoms. The number of anilines is 1. The molecular formula is C16H12FN3O. The van der Waals surface area contributed by atoms with Gasteiger partial charge in [0.1, 0.15) is 11.9 Å². The fourth-order valence-electron chi connectivity index (χ4n) is 2.54. The van der Waals surface area contributed by atoms with Crippen LogP contribution in [0.4, 0.5) is 10.1 Å². The summed E-state index contributed by atoms with van der Waals surface area (Å²) in [4.78, 5) is 4.41. The molecule has 2 aromatic carbocycles. The van der Waals surface area contributed by atoms with Crippen molar-refractivity contribution in [3.63, 3.8) is 0 Å². The van der Waals surface area contributed by atoms with Gasteiger partial charge in [0.2, 0.25) is 11.7 Å². The van der Waals surface area contributed by atoms with Crippen LogP contribution in [0.1, 0.15) is 17.5 Å². The van der Waals surface area contributed by atoms with Gasteiger partial charge in [0.05, 0.1) is 0 Å². The third kappa shape index (κ3) is 2.16. The van der Waals surface area contributed by atoms with Crippen molar-refractivity contribution in [2.24, 2.45) is 0 Å². The summed E-state index contributed by atoms with van der Waals surface area (Å²) in [6.07, 6.45) is 0.821. The van der Waals surface area contributed by atoms with Crippen LogP contribution in [0.15, 0.2) is 53.1 Å². The Bertz CT molecular complexity index is 757. The van der Waals surface area contributed by atoms with Crippen molar-refractivity contribution >= 4 is 5.69 Å². The molecule has 0 bridgehead atoms. The fourth-order valence-corrected chi connectivity index (χ4v) is 2.54. The minimum atomic E-state index is -0.282. The highest BCUT2D eigenvalue weighted by molar-refractivity contribution is 5.58. The molecule has 0 fully saturated rings. The number of hydrogen-bond acceptors (Lipinski definition) is 4. The van der Waals surface area contributed by atoms with Gasteiger partial charge in [0, 0.05) is 17.7 Å². The predicted molar refractivity (Wildman–Crippen MR) is 76.2 cm³/mol. The van der Waals surface area contributed by atoms with Crippen molar-refractivity contribution in [1.29, 1.82) is 0 Å². The topological polar surface area (TPSA) is 51.0 Å². The Morgan fingerprint density at radius 3 is 2.71 bits per heavy atom. The number of para-hydroxylation sites is 1. The zero-order valence-electron chi connectivity index (χ0n) is 11.1. The molecule has 1 atom stereocenters. The lowest BCUT2D eigenvalue weighted by molar-refractivity contribution is 0.364. The monoisotopic (exact) mass is 281 g/mol. The van der Waals surface area contributed by atoms with Crippen LogP contribution in [-0.2, 0) is 6.42 Å². The quantitative estimate of drug-likeness (QED) is 0.780. The number of nitrogens with one attached hydrogen (secondary N) is 1. The zero-order valence-corrected chi connectivity index (χ0v) is 11.1. The second-order valence-corrected chi connectivity index (χ2v) is 5.02. The molecule has 1 N–H and O–H groups in total. The third-order valence-electron chi connectivity index (χ3n) is 3.61. The van der Waals surface area contributed by atoms with Crippen molar-refractivity contribution in [3.8, 4) is 11.4 Å². The first-order valence-electron chi connectivity index (χ1n) is 6.73. The standard InChI is InChI=1S/C16H12FN3O/c17-12-7-5-10(6-8-12)15-19-16(21-20-15)14-9-11-3-1-2-4-13(11)18-14/h1-8,14,18H,9H2/t14-/m1/s1. The summed E-state index contributed by atoms with van der Waals surface area (Å²) in [7, 11) is 0. The normalized spacial score (nSPS) is 16.5. The fraction of sp³-hybridized carbons (Fsp3) is 0.125. The Kier molecular flexibility index (Phi) is 2.70. The van der Waals surface area contributed by atoms with Gasteiger partial charge < -0.3 is 9.84 Å². The largest absolute Gasteiger partial charge is 0.373 e. The molecule has 1 aliphatic rings. The van der Waals surface area contributed by atoms with Gasteiger partial charge in [-0.25, -0.2) is 4.39 Å². The summed E-state index contributed by atoms with van der Waals surface area (Å²) in [6.45, 7) is 0. The van der Waals surface area contributed by atoms with Gasteiger partial charge >= 0.3 is 0 Å². The smallest absolute Gasteiger partial charge is 0.249 e. The Labute approximate surface area is 120 Å². The third-order valence-corrected chi connectivity index (χ3v) is 3.61. The lowest BCUT2D eigenvalue weighted by atomic mass is 10.1. The Morgan fingerprint density at radius 2 is 1.90 bits per heavy atom. The van der Waals surface area contributed by atoms with Gasteiger partial charge in [-0.2, -0.15) is 4.98 Å². The first-order valence-corrected chi connectivity index (χ1v) is 6.73. The molecule has 0 radical (unpaired) electrons. The predicted octanol–water partition coefficient (Wildman–Crippen LogP) is 3.59. The highest BCUT2D eigenvalue weighted by Crippen LogP contribution is 2.33. The summed E-state index contributed by atoms with van der Waals surface area (Å²) in [5, 5.41) is 7.34. The molecule has 3 aromatic rings. The van der Waals surface area contributed by atoms with Crippen molar-refractivity contribution in [2.45, 2.75) is 12.5 Å². The highest BCUT2D eigenvalue weighted by Gasteiger charge is 2.26. The average Bonchev–Trinajstić information content (AvgIpc) is 3.14. The molecule has 5 heteroatoms. The SMILES string of the molecule is Fc1ccc(-c2noc([C@H]3Cc4ccccc4N3)n2)cc1. The average molecular weight is 281 g/mol. The van der Waals surface area contributed by atoms with Crippen molar-refractivity contribution in [1.82, 2.24) is 10.1 Å². The molecule has 0 aliphatic carbocycles. The molecule has 4 nitrogen and oxygen atoms in total. The van der Waals surface area contributed by atoms with Crippen molar-refractivity contribution in [3.05, 3.63) is 65.8 Å². The molecule has 4 rings (SSSR count). The van der Waals surface area contributed by atoms with Crippen LogP contribution >= 0.6 is 0 Å². The van der Waals surface area contributed by atoms with Crippen molar-refractivity contribution < 1.29 is 8.91 Å². The van der Waals surface area contributed by atoms with E-state index in [-0.39, 0.29) is 11.9 Å². The van der Waals surface area contributed by atoms with Gasteiger partial charge in [0.25, 0.3) is 0 Å². The number of rotatable bonds is 2. The number of benzene rings is 2. The number of aromatic nitrogens is 2. The summed E-state index contributed by atoms with van der Waals surface area (Å²) >= 11 is 0. The number of hydrogen-bond donors (Lipinski definition) is 1. The highest BCUT2D eigenvalue weighted by atomic mass is 19.1. The van der Waals surface area contributed by atoms with E-state index in [2.05, 4.69) is 21.5 Å². The Balaban J connectivity index is 1.60. The first kappa shape index (κ1) is 12.1. The van der Waals surface area contributed by atoms with E-state index < -0.39 is 0 Å². The summed E-state index contributed by atoms with van der Waals surface area (Å²) in [5.74, 6) is 0.739. The molecule has 1 aromatic heterocycles. The van der Waals surface area contributed by atoms with E-state index in [4.69, 9.17) is 4.52 Å². The molecule has 1 aliphatic heterocycles. The van der Waals surface area contributed by atoms with Crippen LogP contribution in [0.25, 0.3) is 11.4 Å². The molecule has 0 unspecified atom stereocenters. The molecule has 0 saturated carbocycles. The van der Waals surface area contributed by atoms with Crippen molar-refractivity contribution in [2.75, 3.05) is 5.32 Å². The van der Waals surface area contributed by atoms with Crippen LogP contribution in [-0.4, -0.2) is 10.1 Å². The maximum atomic E-state index is 12.9.